The molecule has 1 aromatic heterocycles. The Morgan fingerprint density at radius 1 is 1.07 bits per heavy atom. The molecule has 2 heterocycles. The van der Waals surface area contributed by atoms with Crippen molar-refractivity contribution in [2.45, 2.75) is 16.2 Å². The van der Waals surface area contributed by atoms with E-state index in [2.05, 4.69) is 15.3 Å². The van der Waals surface area contributed by atoms with Gasteiger partial charge >= 0.3 is 0 Å². The third kappa shape index (κ3) is 3.77. The molecule has 3 N–H and O–H groups in total. The van der Waals surface area contributed by atoms with E-state index in [1.807, 2.05) is 0 Å². The maximum atomic E-state index is 13.7. The average Bonchev–Trinajstić information content (AvgIpc) is 3.10. The first-order valence-electron chi connectivity index (χ1n) is 8.70. The molecule has 0 bridgehead atoms. The fraction of sp³-hybridized carbons (Fsp3) is 0.211. The highest BCUT2D eigenvalue weighted by Crippen LogP contribution is 2.34. The van der Waals surface area contributed by atoms with E-state index >= 15 is 0 Å². The van der Waals surface area contributed by atoms with Gasteiger partial charge in [-0.1, -0.05) is 35.3 Å². The largest absolute Gasteiger partial charge is 0.334 e. The highest BCUT2D eigenvalue weighted by molar-refractivity contribution is 7.93. The average molecular weight is 457 g/mol. The number of hydrogen-bond donors (Lipinski definition) is 3. The van der Waals surface area contributed by atoms with Gasteiger partial charge in [-0.2, -0.15) is 0 Å². The van der Waals surface area contributed by atoms with Gasteiger partial charge in [0, 0.05) is 13.1 Å². The molecule has 1 fully saturated rings. The molecule has 0 spiro atoms. The molecule has 2 aromatic carbocycles. The van der Waals surface area contributed by atoms with Crippen LogP contribution in [0, 0.1) is 16.4 Å². The van der Waals surface area contributed by atoms with Crippen molar-refractivity contribution in [2.75, 3.05) is 13.1 Å². The standard InChI is InChI=1S/C19H16Cl2F2N4OS/c20-13-5-10(1-3-15(13)22)18(11-2-4-16(23)14(21)6-11)19-26-9-17(27-19)29(24,28)12-7-25-8-12/h1-6,9,12,18,24-25H,7-8H2,(H,26,27). The predicted octanol–water partition coefficient (Wildman–Crippen LogP) is 4.55. The molecule has 1 aliphatic rings. The summed E-state index contributed by atoms with van der Waals surface area (Å²) in [5.74, 6) is -1.37. The van der Waals surface area contributed by atoms with Crippen LogP contribution in [0.5, 0.6) is 0 Å². The summed E-state index contributed by atoms with van der Waals surface area (Å²) in [4.78, 5) is 7.32. The molecule has 1 atom stereocenters. The van der Waals surface area contributed by atoms with E-state index in [1.165, 1.54) is 30.5 Å². The normalized spacial score (nSPS) is 16.6. The second-order valence-corrected chi connectivity index (χ2v) is 9.92. The smallest absolute Gasteiger partial charge is 0.141 e. The van der Waals surface area contributed by atoms with Crippen molar-refractivity contribution in [1.29, 1.82) is 4.78 Å². The molecule has 0 saturated carbocycles. The number of imidazole rings is 1. The van der Waals surface area contributed by atoms with Crippen LogP contribution in [0.4, 0.5) is 8.78 Å². The van der Waals surface area contributed by atoms with E-state index in [1.54, 1.807) is 12.1 Å². The zero-order valence-corrected chi connectivity index (χ0v) is 17.2. The summed E-state index contributed by atoms with van der Waals surface area (Å²) < 4.78 is 48.5. The Kier molecular flexibility index (Phi) is 5.37. The molecule has 29 heavy (non-hydrogen) atoms. The van der Waals surface area contributed by atoms with Crippen molar-refractivity contribution in [3.05, 3.63) is 81.2 Å². The highest BCUT2D eigenvalue weighted by atomic mass is 35.5. The van der Waals surface area contributed by atoms with E-state index in [-0.39, 0.29) is 20.3 Å². The van der Waals surface area contributed by atoms with Gasteiger partial charge in [0.1, 0.15) is 22.5 Å². The van der Waals surface area contributed by atoms with E-state index < -0.39 is 27.3 Å². The summed E-state index contributed by atoms with van der Waals surface area (Å²) in [6.07, 6.45) is 1.38. The first-order chi connectivity index (χ1) is 13.8. The second-order valence-electron chi connectivity index (χ2n) is 6.79. The Bertz CT molecular complexity index is 1130. The quantitative estimate of drug-likeness (QED) is 0.526. The number of benzene rings is 2. The number of aromatic nitrogens is 2. The van der Waals surface area contributed by atoms with Gasteiger partial charge in [-0.05, 0) is 35.4 Å². The topological polar surface area (TPSA) is 81.6 Å². The van der Waals surface area contributed by atoms with E-state index in [4.69, 9.17) is 28.0 Å². The molecule has 0 radical (unpaired) electrons. The minimum absolute atomic E-state index is 0.0719. The van der Waals surface area contributed by atoms with Crippen LogP contribution in [0.25, 0.3) is 0 Å². The van der Waals surface area contributed by atoms with Crippen LogP contribution >= 0.6 is 23.2 Å². The predicted molar refractivity (Wildman–Crippen MR) is 108 cm³/mol. The minimum Gasteiger partial charge on any atom is -0.334 e. The van der Waals surface area contributed by atoms with Crippen molar-refractivity contribution in [3.8, 4) is 0 Å². The monoisotopic (exact) mass is 456 g/mol. The molecule has 5 nitrogen and oxygen atoms in total. The summed E-state index contributed by atoms with van der Waals surface area (Å²) in [6.45, 7) is 1.00. The Balaban J connectivity index is 1.82. The van der Waals surface area contributed by atoms with Gasteiger partial charge < -0.3 is 10.3 Å². The molecular formula is C19H16Cl2F2N4OS. The van der Waals surface area contributed by atoms with Crippen LogP contribution in [0.15, 0.2) is 47.6 Å². The SMILES string of the molecule is N=S(=O)(c1cnc(C(c2ccc(F)c(Cl)c2)c2ccc(F)c(Cl)c2)[nH]1)C1CNC1. The molecule has 1 unspecified atom stereocenters. The zero-order valence-electron chi connectivity index (χ0n) is 14.9. The van der Waals surface area contributed by atoms with Gasteiger partial charge in [0.2, 0.25) is 0 Å². The van der Waals surface area contributed by atoms with Crippen LogP contribution in [-0.2, 0) is 9.73 Å². The minimum atomic E-state index is -3.06. The number of hydrogen-bond acceptors (Lipinski definition) is 4. The van der Waals surface area contributed by atoms with E-state index in [9.17, 15) is 13.0 Å². The second kappa shape index (κ2) is 7.68. The summed E-state index contributed by atoms with van der Waals surface area (Å²) in [5.41, 5.74) is 1.17. The summed E-state index contributed by atoms with van der Waals surface area (Å²) in [5, 5.41) is 2.78. The lowest BCUT2D eigenvalue weighted by atomic mass is 9.90. The van der Waals surface area contributed by atoms with E-state index in [0.29, 0.717) is 30.0 Å². The maximum absolute atomic E-state index is 13.7. The van der Waals surface area contributed by atoms with Crippen molar-refractivity contribution in [3.63, 3.8) is 0 Å². The number of aromatic amines is 1. The first kappa shape index (κ1) is 20.3. The number of H-pyrrole nitrogens is 1. The Morgan fingerprint density at radius 3 is 2.07 bits per heavy atom. The van der Waals surface area contributed by atoms with Gasteiger partial charge in [0.05, 0.1) is 37.1 Å². The lowest BCUT2D eigenvalue weighted by Crippen LogP contribution is -2.51. The van der Waals surface area contributed by atoms with Crippen LogP contribution < -0.4 is 5.32 Å². The third-order valence-corrected chi connectivity index (χ3v) is 7.65. The van der Waals surface area contributed by atoms with Gasteiger partial charge in [0.15, 0.2) is 0 Å². The van der Waals surface area contributed by atoms with Crippen LogP contribution in [0.1, 0.15) is 22.9 Å². The number of nitrogens with one attached hydrogen (secondary N) is 3. The van der Waals surface area contributed by atoms with Gasteiger partial charge in [-0.15, -0.1) is 0 Å². The van der Waals surface area contributed by atoms with Crippen molar-refractivity contribution in [2.24, 2.45) is 0 Å². The third-order valence-electron chi connectivity index (χ3n) is 4.94. The van der Waals surface area contributed by atoms with Crippen LogP contribution in [-0.4, -0.2) is 32.5 Å². The fourth-order valence-electron chi connectivity index (χ4n) is 3.19. The van der Waals surface area contributed by atoms with Crippen LogP contribution in [0.3, 0.4) is 0 Å². The zero-order chi connectivity index (χ0) is 20.8. The molecule has 1 saturated heterocycles. The summed E-state index contributed by atoms with van der Waals surface area (Å²) in [7, 11) is -3.06. The Labute approximate surface area is 176 Å². The van der Waals surface area contributed by atoms with Crippen molar-refractivity contribution < 1.29 is 13.0 Å². The fourth-order valence-corrected chi connectivity index (χ4v) is 5.10. The molecule has 4 rings (SSSR count). The molecule has 10 heteroatoms. The van der Waals surface area contributed by atoms with Crippen molar-refractivity contribution in [1.82, 2.24) is 15.3 Å². The summed E-state index contributed by atoms with van der Waals surface area (Å²) in [6, 6.07) is 8.45. The van der Waals surface area contributed by atoms with Gasteiger partial charge in [-0.3, -0.25) is 0 Å². The maximum Gasteiger partial charge on any atom is 0.141 e. The number of rotatable bonds is 5. The van der Waals surface area contributed by atoms with E-state index in [0.717, 1.165) is 0 Å². The molecule has 0 amide bonds. The Morgan fingerprint density at radius 2 is 1.62 bits per heavy atom. The number of nitrogens with zero attached hydrogens (tertiary/aromatic N) is 1. The molecule has 3 aromatic rings. The number of halogens is 4. The molecular weight excluding hydrogens is 441 g/mol. The highest BCUT2D eigenvalue weighted by Gasteiger charge is 2.32. The van der Waals surface area contributed by atoms with Gasteiger partial charge in [-0.25, -0.2) is 22.8 Å². The van der Waals surface area contributed by atoms with Crippen LogP contribution in [0.2, 0.25) is 10.0 Å². The lowest BCUT2D eigenvalue weighted by molar-refractivity contribution is 0.520. The molecule has 0 aliphatic carbocycles. The first-order valence-corrected chi connectivity index (χ1v) is 11.1. The van der Waals surface area contributed by atoms with Gasteiger partial charge in [0.25, 0.3) is 0 Å². The summed E-state index contributed by atoms with van der Waals surface area (Å²) >= 11 is 11.9. The molecule has 1 aliphatic heterocycles. The lowest BCUT2D eigenvalue weighted by Gasteiger charge is -2.28. The molecule has 152 valence electrons. The van der Waals surface area contributed by atoms with Crippen molar-refractivity contribution >= 4 is 32.9 Å². The Hall–Kier alpha value is -2.00.